The number of benzene rings is 1. The number of furan rings is 1. The maximum atomic E-state index is 12.0. The number of nitrogens with one attached hydrogen (secondary N) is 1. The Bertz CT molecular complexity index is 694. The van der Waals surface area contributed by atoms with Crippen LogP contribution in [0.25, 0.3) is 0 Å². The molecule has 0 aliphatic heterocycles. The van der Waals surface area contributed by atoms with Gasteiger partial charge in [0.1, 0.15) is 5.76 Å². The number of hydrogen-bond acceptors (Lipinski definition) is 3. The van der Waals surface area contributed by atoms with Gasteiger partial charge in [-0.15, -0.1) is 0 Å². The van der Waals surface area contributed by atoms with Crippen LogP contribution in [0, 0.1) is 6.92 Å². The van der Waals surface area contributed by atoms with Gasteiger partial charge in [0.25, 0.3) is 5.91 Å². The lowest BCUT2D eigenvalue weighted by Gasteiger charge is -2.10. The summed E-state index contributed by atoms with van der Waals surface area (Å²) in [7, 11) is 0. The molecule has 5 nitrogen and oxygen atoms in total. The van der Waals surface area contributed by atoms with Crippen molar-refractivity contribution in [3.8, 4) is 0 Å². The number of amides is 1. The van der Waals surface area contributed by atoms with Crippen LogP contribution in [0.3, 0.4) is 0 Å². The van der Waals surface area contributed by atoms with Crippen LogP contribution in [-0.4, -0.2) is 17.0 Å². The smallest absolute Gasteiger partial charge is 0.337 e. The number of halogens is 2. The van der Waals surface area contributed by atoms with Crippen molar-refractivity contribution >= 4 is 49.4 Å². The van der Waals surface area contributed by atoms with Crippen LogP contribution >= 0.6 is 31.9 Å². The molecule has 0 bridgehead atoms. The molecule has 0 unspecified atom stereocenters. The molecule has 104 valence electrons. The van der Waals surface area contributed by atoms with Gasteiger partial charge in [-0.2, -0.15) is 0 Å². The Hall–Kier alpha value is -1.60. The highest BCUT2D eigenvalue weighted by Crippen LogP contribution is 2.31. The van der Waals surface area contributed by atoms with Gasteiger partial charge < -0.3 is 14.8 Å². The van der Waals surface area contributed by atoms with E-state index in [0.717, 1.165) is 0 Å². The first-order valence-corrected chi connectivity index (χ1v) is 7.07. The van der Waals surface area contributed by atoms with Crippen molar-refractivity contribution in [1.82, 2.24) is 0 Å². The summed E-state index contributed by atoms with van der Waals surface area (Å²) in [6.45, 7) is 1.72. The van der Waals surface area contributed by atoms with E-state index in [1.807, 2.05) is 0 Å². The summed E-state index contributed by atoms with van der Waals surface area (Å²) in [5, 5.41) is 11.7. The lowest BCUT2D eigenvalue weighted by atomic mass is 10.2. The molecule has 0 radical (unpaired) electrons. The molecular weight excluding hydrogens is 394 g/mol. The van der Waals surface area contributed by atoms with Crippen molar-refractivity contribution in [3.05, 3.63) is 50.3 Å². The van der Waals surface area contributed by atoms with Crippen molar-refractivity contribution in [3.63, 3.8) is 0 Å². The Labute approximate surface area is 131 Å². The Kier molecular flexibility index (Phi) is 4.29. The van der Waals surface area contributed by atoms with Gasteiger partial charge in [-0.25, -0.2) is 4.79 Å². The minimum absolute atomic E-state index is 0.0251. The maximum Gasteiger partial charge on any atom is 0.337 e. The number of aromatic carboxylic acids is 1. The number of carboxylic acids is 1. The molecule has 0 fully saturated rings. The Balaban J connectivity index is 2.38. The molecule has 2 rings (SSSR count). The zero-order valence-corrected chi connectivity index (χ0v) is 13.4. The van der Waals surface area contributed by atoms with Gasteiger partial charge >= 0.3 is 5.97 Å². The fraction of sp³-hybridized carbons (Fsp3) is 0.0769. The van der Waals surface area contributed by atoms with Crippen LogP contribution in [0.2, 0.25) is 0 Å². The summed E-state index contributed by atoms with van der Waals surface area (Å²) in [6.07, 6.45) is 0. The second-order valence-corrected chi connectivity index (χ2v) is 5.75. The molecule has 0 aliphatic carbocycles. The summed E-state index contributed by atoms with van der Waals surface area (Å²) in [6, 6.07) is 6.24. The fourth-order valence-electron chi connectivity index (χ4n) is 1.60. The van der Waals surface area contributed by atoms with Crippen LogP contribution in [-0.2, 0) is 0 Å². The third-order valence-corrected chi connectivity index (χ3v) is 3.57. The SMILES string of the molecule is Cc1ccc(C(=O)Nc2c(Br)cc(Br)cc2C(=O)O)o1. The lowest BCUT2D eigenvalue weighted by Crippen LogP contribution is -2.14. The topological polar surface area (TPSA) is 79.5 Å². The van der Waals surface area contributed by atoms with E-state index in [1.165, 1.54) is 12.1 Å². The maximum absolute atomic E-state index is 12.0. The van der Waals surface area contributed by atoms with Crippen LogP contribution in [0.4, 0.5) is 5.69 Å². The molecule has 2 aromatic rings. The molecule has 20 heavy (non-hydrogen) atoms. The first kappa shape index (κ1) is 14.8. The quantitative estimate of drug-likeness (QED) is 0.811. The van der Waals surface area contributed by atoms with Crippen LogP contribution in [0.1, 0.15) is 26.7 Å². The Morgan fingerprint density at radius 2 is 1.95 bits per heavy atom. The number of anilines is 1. The molecule has 2 N–H and O–H groups in total. The molecule has 1 heterocycles. The molecular formula is C13H9Br2NO4. The van der Waals surface area contributed by atoms with E-state index >= 15 is 0 Å². The van der Waals surface area contributed by atoms with Gasteiger partial charge in [0.15, 0.2) is 5.76 Å². The third-order valence-electron chi connectivity index (χ3n) is 2.49. The summed E-state index contributed by atoms with van der Waals surface area (Å²) in [5.74, 6) is -0.932. The van der Waals surface area contributed by atoms with Crippen LogP contribution in [0.5, 0.6) is 0 Å². The number of carbonyl (C=O) groups is 2. The van der Waals surface area contributed by atoms with E-state index < -0.39 is 11.9 Å². The van der Waals surface area contributed by atoms with Gasteiger partial charge in [0, 0.05) is 8.95 Å². The molecule has 0 spiro atoms. The average molecular weight is 403 g/mol. The first-order valence-electron chi connectivity index (χ1n) is 5.48. The number of carbonyl (C=O) groups excluding carboxylic acids is 1. The zero-order chi connectivity index (χ0) is 14.9. The minimum atomic E-state index is -1.14. The summed E-state index contributed by atoms with van der Waals surface area (Å²) < 4.78 is 6.25. The van der Waals surface area contributed by atoms with Gasteiger partial charge in [-0.1, -0.05) is 15.9 Å². The largest absolute Gasteiger partial charge is 0.478 e. The molecule has 0 saturated carbocycles. The third kappa shape index (κ3) is 3.10. The van der Waals surface area contributed by atoms with Crippen molar-refractivity contribution in [2.75, 3.05) is 5.32 Å². The van der Waals surface area contributed by atoms with Crippen molar-refractivity contribution in [2.24, 2.45) is 0 Å². The monoisotopic (exact) mass is 401 g/mol. The summed E-state index contributed by atoms with van der Waals surface area (Å²) in [5.41, 5.74) is 0.155. The van der Waals surface area contributed by atoms with Crippen LogP contribution in [0.15, 0.2) is 37.6 Å². The Morgan fingerprint density at radius 1 is 1.25 bits per heavy atom. The number of rotatable bonds is 3. The average Bonchev–Trinajstić information content (AvgIpc) is 2.78. The zero-order valence-electron chi connectivity index (χ0n) is 10.2. The van der Waals surface area contributed by atoms with Gasteiger partial charge in [0.05, 0.1) is 11.3 Å². The van der Waals surface area contributed by atoms with E-state index in [1.54, 1.807) is 19.1 Å². The molecule has 7 heteroatoms. The van der Waals surface area contributed by atoms with E-state index in [-0.39, 0.29) is 17.0 Å². The van der Waals surface area contributed by atoms with Gasteiger partial charge in [-0.05, 0) is 47.1 Å². The molecule has 1 aromatic heterocycles. The lowest BCUT2D eigenvalue weighted by molar-refractivity contribution is 0.0698. The number of aryl methyl sites for hydroxylation is 1. The number of hydrogen-bond donors (Lipinski definition) is 2. The van der Waals surface area contributed by atoms with Gasteiger partial charge in [0.2, 0.25) is 0 Å². The first-order chi connectivity index (χ1) is 9.38. The highest BCUT2D eigenvalue weighted by Gasteiger charge is 2.19. The number of carboxylic acid groups (broad SMARTS) is 1. The normalized spacial score (nSPS) is 10.3. The van der Waals surface area contributed by atoms with Crippen molar-refractivity contribution < 1.29 is 19.1 Å². The van der Waals surface area contributed by atoms with Crippen LogP contribution < -0.4 is 5.32 Å². The van der Waals surface area contributed by atoms with E-state index in [4.69, 9.17) is 4.42 Å². The summed E-state index contributed by atoms with van der Waals surface area (Å²) >= 11 is 6.44. The second-order valence-electron chi connectivity index (χ2n) is 3.98. The Morgan fingerprint density at radius 3 is 2.50 bits per heavy atom. The van der Waals surface area contributed by atoms with Gasteiger partial charge in [-0.3, -0.25) is 4.79 Å². The molecule has 0 atom stereocenters. The summed E-state index contributed by atoms with van der Waals surface area (Å²) in [4.78, 5) is 23.2. The molecule has 1 amide bonds. The second kappa shape index (κ2) is 5.80. The minimum Gasteiger partial charge on any atom is -0.478 e. The van der Waals surface area contributed by atoms with E-state index in [2.05, 4.69) is 37.2 Å². The van der Waals surface area contributed by atoms with Crippen molar-refractivity contribution in [2.45, 2.75) is 6.92 Å². The molecule has 1 aromatic carbocycles. The van der Waals surface area contributed by atoms with E-state index in [9.17, 15) is 14.7 Å². The molecule has 0 saturated heterocycles. The predicted molar refractivity (Wildman–Crippen MR) is 80.2 cm³/mol. The molecule has 0 aliphatic rings. The highest BCUT2D eigenvalue weighted by atomic mass is 79.9. The van der Waals surface area contributed by atoms with Crippen molar-refractivity contribution in [1.29, 1.82) is 0 Å². The van der Waals surface area contributed by atoms with E-state index in [0.29, 0.717) is 14.7 Å². The highest BCUT2D eigenvalue weighted by molar-refractivity contribution is 9.11. The predicted octanol–water partition coefficient (Wildman–Crippen LogP) is 4.06. The standard InChI is InChI=1S/C13H9Br2NO4/c1-6-2-3-10(20-6)12(17)16-11-8(13(18)19)4-7(14)5-9(11)15/h2-5H,1H3,(H,16,17)(H,18,19). The fourth-order valence-corrected chi connectivity index (χ4v) is 2.93.